The van der Waals surface area contributed by atoms with Crippen LogP contribution in [0.5, 0.6) is 5.75 Å². The zero-order valence-electron chi connectivity index (χ0n) is 23.6. The molecule has 4 N–H and O–H groups in total. The maximum Gasteiger partial charge on any atom is 0.436 e. The summed E-state index contributed by atoms with van der Waals surface area (Å²) >= 11 is 6.17. The van der Waals surface area contributed by atoms with E-state index in [9.17, 15) is 27.6 Å². The second-order valence-corrected chi connectivity index (χ2v) is 9.98. The van der Waals surface area contributed by atoms with Crippen molar-refractivity contribution in [2.45, 2.75) is 18.6 Å². The predicted molar refractivity (Wildman–Crippen MR) is 161 cm³/mol. The number of amides is 2. The monoisotopic (exact) mass is 638 g/mol. The highest BCUT2D eigenvalue weighted by atomic mass is 35.5. The number of methoxy groups -OCH3 is 1. The average Bonchev–Trinajstić information content (AvgIpc) is 3.52. The lowest BCUT2D eigenvalue weighted by molar-refractivity contribution is -0.141. The number of nitrogens with two attached hydrogens (primary N) is 2. The molecule has 0 saturated heterocycles. The van der Waals surface area contributed by atoms with Crippen LogP contribution in [0.25, 0.3) is 16.8 Å². The summed E-state index contributed by atoms with van der Waals surface area (Å²) < 4.78 is 46.8. The number of primary amides is 2. The third-order valence-electron chi connectivity index (χ3n) is 6.54. The fraction of sp³-hybridized carbons (Fsp3) is 0.129. The van der Waals surface area contributed by atoms with E-state index in [0.29, 0.717) is 5.56 Å². The number of carbonyl (C=O) groups is 2. The number of hydrogen-bond donors (Lipinski definition) is 2. The fourth-order valence-corrected chi connectivity index (χ4v) is 4.53. The summed E-state index contributed by atoms with van der Waals surface area (Å²) in [5, 5.41) is 7.02. The van der Waals surface area contributed by atoms with E-state index >= 15 is 0 Å². The van der Waals surface area contributed by atoms with Crippen LogP contribution in [-0.2, 0) is 17.4 Å². The van der Waals surface area contributed by atoms with Crippen molar-refractivity contribution in [3.05, 3.63) is 130 Å². The summed E-state index contributed by atoms with van der Waals surface area (Å²) in [4.78, 5) is 35.9. The van der Waals surface area contributed by atoms with Crippen molar-refractivity contribution in [1.29, 1.82) is 0 Å². The molecule has 0 unspecified atom stereocenters. The van der Waals surface area contributed by atoms with Gasteiger partial charge in [-0.1, -0.05) is 65.3 Å². The smallest absolute Gasteiger partial charge is 0.436 e. The van der Waals surface area contributed by atoms with Gasteiger partial charge < -0.3 is 16.2 Å². The van der Waals surface area contributed by atoms with E-state index in [1.165, 1.54) is 42.1 Å². The number of aromatic nitrogens is 4. The number of benzene rings is 3. The molecule has 0 saturated carbocycles. The van der Waals surface area contributed by atoms with Gasteiger partial charge in [-0.2, -0.15) is 13.2 Å². The molecule has 0 bridgehead atoms. The van der Waals surface area contributed by atoms with E-state index in [2.05, 4.69) is 10.3 Å². The van der Waals surface area contributed by atoms with Crippen molar-refractivity contribution in [3.8, 4) is 22.6 Å². The number of carbonyl (C=O) groups excluding carboxylic acids is 2. The van der Waals surface area contributed by atoms with Gasteiger partial charge in [0, 0.05) is 34.2 Å². The van der Waals surface area contributed by atoms with Gasteiger partial charge in [0.15, 0.2) is 5.69 Å². The van der Waals surface area contributed by atoms with Gasteiger partial charge in [-0.3, -0.25) is 19.0 Å². The predicted octanol–water partition coefficient (Wildman–Crippen LogP) is 4.83. The van der Waals surface area contributed by atoms with Crippen LogP contribution in [0, 0.1) is 0 Å². The van der Waals surface area contributed by atoms with Crippen LogP contribution in [0.3, 0.4) is 0 Å². The standard InChI is InChI=1S/C24H19ClF3N5O3.C7H7NO/c1-36-20-12-32(19(23(29)35)9-14-5-3-2-4-6-14)22(34)11-17(20)16-10-15(25)7-8-18(16)33-13-21(30-31-33)24(26,27)28;8-7(9)6-4-2-1-3-5-6/h2-8,10-13,19H,9H2,1H3,(H2,29,35);1-5H,(H2,8,9)/t19-;/m0./s1. The SMILES string of the molecule is COc1cn([C@@H](Cc2ccccc2)C(N)=O)c(=O)cc1-c1cc(Cl)ccc1-n1cc(C(F)(F)F)nn1.NC(=O)c1ccccc1. The molecule has 0 aliphatic rings. The summed E-state index contributed by atoms with van der Waals surface area (Å²) in [5.41, 5.74) is 10.8. The first kappa shape index (κ1) is 32.5. The van der Waals surface area contributed by atoms with Crippen LogP contribution in [-0.4, -0.2) is 38.5 Å². The molecule has 2 heterocycles. The number of nitrogens with zero attached hydrogens (tertiary/aromatic N) is 4. The Morgan fingerprint density at radius 2 is 1.58 bits per heavy atom. The molecule has 14 heteroatoms. The Morgan fingerprint density at radius 1 is 0.933 bits per heavy atom. The number of rotatable bonds is 8. The summed E-state index contributed by atoms with van der Waals surface area (Å²) in [5.74, 6) is -0.939. The molecule has 1 atom stereocenters. The van der Waals surface area contributed by atoms with Crippen LogP contribution >= 0.6 is 11.6 Å². The molecular weight excluding hydrogens is 613 g/mol. The van der Waals surface area contributed by atoms with E-state index in [-0.39, 0.29) is 39.9 Å². The maximum atomic E-state index is 13.2. The van der Waals surface area contributed by atoms with Crippen molar-refractivity contribution in [2.24, 2.45) is 11.5 Å². The highest BCUT2D eigenvalue weighted by Crippen LogP contribution is 2.36. The minimum absolute atomic E-state index is 0.161. The van der Waals surface area contributed by atoms with Gasteiger partial charge in [0.1, 0.15) is 11.8 Å². The Labute approximate surface area is 259 Å². The maximum absolute atomic E-state index is 13.2. The van der Waals surface area contributed by atoms with Crippen molar-refractivity contribution in [2.75, 3.05) is 7.11 Å². The van der Waals surface area contributed by atoms with Crippen LogP contribution in [0.1, 0.15) is 27.7 Å². The minimum atomic E-state index is -4.69. The summed E-state index contributed by atoms with van der Waals surface area (Å²) in [6, 6.07) is 22.4. The molecule has 5 rings (SSSR count). The lowest BCUT2D eigenvalue weighted by atomic mass is 10.0. The van der Waals surface area contributed by atoms with Crippen LogP contribution < -0.4 is 21.8 Å². The van der Waals surface area contributed by atoms with Gasteiger partial charge in [0.2, 0.25) is 11.8 Å². The first-order valence-electron chi connectivity index (χ1n) is 13.2. The Balaban J connectivity index is 0.000000440. The van der Waals surface area contributed by atoms with Crippen LogP contribution in [0.15, 0.2) is 102 Å². The van der Waals surface area contributed by atoms with Gasteiger partial charge in [-0.15, -0.1) is 5.10 Å². The molecule has 2 aromatic heterocycles. The number of ether oxygens (including phenoxy) is 1. The van der Waals surface area contributed by atoms with Gasteiger partial charge >= 0.3 is 6.18 Å². The van der Waals surface area contributed by atoms with Crippen molar-refractivity contribution < 1.29 is 27.5 Å². The number of alkyl halides is 3. The Hall–Kier alpha value is -5.43. The summed E-state index contributed by atoms with van der Waals surface area (Å²) in [6.45, 7) is 0. The van der Waals surface area contributed by atoms with Crippen LogP contribution in [0.2, 0.25) is 5.02 Å². The van der Waals surface area contributed by atoms with Crippen molar-refractivity contribution in [3.63, 3.8) is 0 Å². The lowest BCUT2D eigenvalue weighted by Crippen LogP contribution is -2.35. The van der Waals surface area contributed by atoms with E-state index < -0.39 is 29.4 Å². The molecule has 0 aliphatic heterocycles. The largest absolute Gasteiger partial charge is 0.495 e. The average molecular weight is 639 g/mol. The van der Waals surface area contributed by atoms with Crippen molar-refractivity contribution in [1.82, 2.24) is 19.6 Å². The van der Waals surface area contributed by atoms with Gasteiger partial charge in [-0.05, 0) is 35.9 Å². The lowest BCUT2D eigenvalue weighted by Gasteiger charge is -2.20. The van der Waals surface area contributed by atoms with Gasteiger partial charge in [-0.25, -0.2) is 4.68 Å². The van der Waals surface area contributed by atoms with E-state index in [1.54, 1.807) is 48.5 Å². The molecule has 3 aromatic carbocycles. The topological polar surface area (TPSA) is 148 Å². The molecule has 0 spiro atoms. The second-order valence-electron chi connectivity index (χ2n) is 9.55. The van der Waals surface area contributed by atoms with E-state index in [0.717, 1.165) is 16.4 Å². The summed E-state index contributed by atoms with van der Waals surface area (Å²) in [6.07, 6.45) is -2.46. The van der Waals surface area contributed by atoms with Gasteiger partial charge in [0.25, 0.3) is 5.56 Å². The Morgan fingerprint density at radius 3 is 2.11 bits per heavy atom. The van der Waals surface area contributed by atoms with E-state index in [4.69, 9.17) is 27.8 Å². The first-order valence-corrected chi connectivity index (χ1v) is 13.5. The van der Waals surface area contributed by atoms with Gasteiger partial charge in [0.05, 0.1) is 25.2 Å². The number of pyridine rings is 1. The molecule has 10 nitrogen and oxygen atoms in total. The molecule has 0 radical (unpaired) electrons. The highest BCUT2D eigenvalue weighted by Gasteiger charge is 2.35. The molecule has 2 amide bonds. The minimum Gasteiger partial charge on any atom is -0.495 e. The molecule has 232 valence electrons. The van der Waals surface area contributed by atoms with E-state index in [1.807, 2.05) is 12.1 Å². The molecular formula is C31H26ClF3N6O4. The highest BCUT2D eigenvalue weighted by molar-refractivity contribution is 6.31. The molecule has 5 aromatic rings. The number of halogens is 4. The normalized spacial score (nSPS) is 11.7. The molecule has 0 fully saturated rings. The third kappa shape index (κ3) is 7.95. The quantitative estimate of drug-likeness (QED) is 0.249. The second kappa shape index (κ2) is 13.9. The molecule has 45 heavy (non-hydrogen) atoms. The molecule has 0 aliphatic carbocycles. The zero-order chi connectivity index (χ0) is 32.7. The zero-order valence-corrected chi connectivity index (χ0v) is 24.4. The van der Waals surface area contributed by atoms with Crippen molar-refractivity contribution >= 4 is 23.4 Å². The summed E-state index contributed by atoms with van der Waals surface area (Å²) in [7, 11) is 1.35. The third-order valence-corrected chi connectivity index (χ3v) is 6.77. The number of hydrogen-bond acceptors (Lipinski definition) is 6. The Bertz CT molecular complexity index is 1860. The Kier molecular flexibility index (Phi) is 10.0. The first-order chi connectivity index (χ1) is 21.4. The fourth-order valence-electron chi connectivity index (χ4n) is 4.36. The van der Waals surface area contributed by atoms with Crippen LogP contribution in [0.4, 0.5) is 13.2 Å².